The van der Waals surface area contributed by atoms with E-state index in [0.29, 0.717) is 0 Å². The van der Waals surface area contributed by atoms with Crippen LogP contribution >= 0.6 is 0 Å². The average Bonchev–Trinajstić information content (AvgIpc) is 3.46. The minimum atomic E-state index is 0.842. The molecule has 0 amide bonds. The maximum absolute atomic E-state index is 5.02. The molecule has 0 aliphatic rings. The van der Waals surface area contributed by atoms with E-state index >= 15 is 0 Å². The minimum absolute atomic E-state index is 0.842. The van der Waals surface area contributed by atoms with Gasteiger partial charge in [0, 0.05) is 29.9 Å². The lowest BCUT2D eigenvalue weighted by molar-refractivity contribution is 0.909. The Hall–Kier alpha value is -5.54. The van der Waals surface area contributed by atoms with Crippen LogP contribution in [-0.4, -0.2) is 14.5 Å². The summed E-state index contributed by atoms with van der Waals surface area (Å²) in [6.45, 7) is 2.18. The second-order valence-electron chi connectivity index (χ2n) is 10.9. The molecule has 0 saturated carbocycles. The van der Waals surface area contributed by atoms with Crippen LogP contribution in [0.1, 0.15) is 12.7 Å². The van der Waals surface area contributed by atoms with Crippen LogP contribution in [0, 0.1) is 0 Å². The summed E-state index contributed by atoms with van der Waals surface area (Å²) in [4.78, 5) is 9.45. The average molecular weight is 552 g/mol. The summed E-state index contributed by atoms with van der Waals surface area (Å²) < 4.78 is 2.35. The van der Waals surface area contributed by atoms with Crippen molar-refractivity contribution in [2.24, 2.45) is 0 Å². The Kier molecular flexibility index (Phi) is 6.08. The first-order valence-corrected chi connectivity index (χ1v) is 14.8. The standard InChI is InChI=1S/C40H29N3/c1-2-38-42-35-22-10-12-24-37(35)43(38)36-23-11-9-21-34(36)40-32-19-7-5-17-30(32)39(31-18-6-8-20-33(31)40)29-16-4-3-15-28(29)27-14-13-25-41-26-27/h3-26H,2H2,1H3. The lowest BCUT2D eigenvalue weighted by Crippen LogP contribution is -2.03. The maximum Gasteiger partial charge on any atom is 0.114 e. The van der Waals surface area contributed by atoms with Crippen LogP contribution in [0.15, 0.2) is 146 Å². The van der Waals surface area contributed by atoms with E-state index in [9.17, 15) is 0 Å². The molecule has 0 bridgehead atoms. The zero-order valence-electron chi connectivity index (χ0n) is 23.9. The number of fused-ring (bicyclic) bond motifs is 3. The zero-order valence-corrected chi connectivity index (χ0v) is 23.9. The smallest absolute Gasteiger partial charge is 0.114 e. The van der Waals surface area contributed by atoms with Crippen molar-refractivity contribution in [2.45, 2.75) is 13.3 Å². The van der Waals surface area contributed by atoms with Crippen molar-refractivity contribution in [3.05, 3.63) is 152 Å². The first kappa shape index (κ1) is 25.2. The van der Waals surface area contributed by atoms with Crippen molar-refractivity contribution < 1.29 is 0 Å². The highest BCUT2D eigenvalue weighted by molar-refractivity contribution is 6.23. The van der Waals surface area contributed by atoms with Crippen LogP contribution in [-0.2, 0) is 6.42 Å². The molecule has 0 saturated heterocycles. The van der Waals surface area contributed by atoms with Crippen molar-refractivity contribution >= 4 is 32.6 Å². The van der Waals surface area contributed by atoms with Gasteiger partial charge in [0.1, 0.15) is 5.82 Å². The second-order valence-corrected chi connectivity index (χ2v) is 10.9. The third kappa shape index (κ3) is 4.04. The number of pyridine rings is 1. The van der Waals surface area contributed by atoms with Gasteiger partial charge in [0.25, 0.3) is 0 Å². The quantitative estimate of drug-likeness (QED) is 0.199. The second kappa shape index (κ2) is 10.4. The number of aromatic nitrogens is 3. The van der Waals surface area contributed by atoms with Crippen molar-refractivity contribution in [1.29, 1.82) is 0 Å². The largest absolute Gasteiger partial charge is 0.296 e. The Morgan fingerprint density at radius 1 is 0.535 bits per heavy atom. The highest BCUT2D eigenvalue weighted by Gasteiger charge is 2.21. The van der Waals surface area contributed by atoms with Gasteiger partial charge in [0.05, 0.1) is 16.7 Å². The Balaban J connectivity index is 1.49. The molecular formula is C40H29N3. The number of hydrogen-bond acceptors (Lipinski definition) is 2. The van der Waals surface area contributed by atoms with Crippen molar-refractivity contribution in [3.63, 3.8) is 0 Å². The summed E-state index contributed by atoms with van der Waals surface area (Å²) in [5.74, 6) is 1.06. The van der Waals surface area contributed by atoms with E-state index in [1.807, 2.05) is 18.5 Å². The highest BCUT2D eigenvalue weighted by Crippen LogP contribution is 2.47. The summed E-state index contributed by atoms with van der Waals surface area (Å²) in [7, 11) is 0. The normalized spacial score (nSPS) is 11.5. The van der Waals surface area contributed by atoms with Crippen LogP contribution in [0.25, 0.3) is 71.6 Å². The Morgan fingerprint density at radius 3 is 1.74 bits per heavy atom. The van der Waals surface area contributed by atoms with Gasteiger partial charge in [0.2, 0.25) is 0 Å². The Bertz CT molecular complexity index is 2220. The molecular weight excluding hydrogens is 522 g/mol. The fraction of sp³-hybridized carbons (Fsp3) is 0.0500. The molecule has 0 aliphatic heterocycles. The first-order valence-electron chi connectivity index (χ1n) is 14.8. The molecule has 3 nitrogen and oxygen atoms in total. The number of para-hydroxylation sites is 3. The molecule has 0 radical (unpaired) electrons. The van der Waals surface area contributed by atoms with Crippen LogP contribution in [0.2, 0.25) is 0 Å². The van der Waals surface area contributed by atoms with E-state index in [0.717, 1.165) is 34.5 Å². The molecule has 0 spiro atoms. The van der Waals surface area contributed by atoms with E-state index in [1.54, 1.807) is 0 Å². The van der Waals surface area contributed by atoms with Gasteiger partial charge in [-0.3, -0.25) is 9.55 Å². The number of nitrogens with zero attached hydrogens (tertiary/aromatic N) is 3. The summed E-state index contributed by atoms with van der Waals surface area (Å²) in [6, 6.07) is 47.8. The van der Waals surface area contributed by atoms with Gasteiger partial charge in [-0.15, -0.1) is 0 Å². The van der Waals surface area contributed by atoms with Gasteiger partial charge in [-0.1, -0.05) is 116 Å². The highest BCUT2D eigenvalue weighted by atomic mass is 15.1. The zero-order chi connectivity index (χ0) is 28.8. The molecule has 8 aromatic rings. The molecule has 3 heteroatoms. The molecule has 0 N–H and O–H groups in total. The fourth-order valence-corrected chi connectivity index (χ4v) is 6.65. The summed E-state index contributed by atoms with van der Waals surface area (Å²) in [5.41, 5.74) is 10.5. The van der Waals surface area contributed by atoms with Gasteiger partial charge in [0.15, 0.2) is 0 Å². The van der Waals surface area contributed by atoms with E-state index in [2.05, 4.69) is 144 Å². The third-order valence-corrected chi connectivity index (χ3v) is 8.46. The number of hydrogen-bond donors (Lipinski definition) is 0. The molecule has 2 heterocycles. The predicted octanol–water partition coefficient (Wildman–Crippen LogP) is 10.3. The molecule has 204 valence electrons. The molecule has 0 atom stereocenters. The molecule has 6 aromatic carbocycles. The molecule has 0 unspecified atom stereocenters. The molecule has 43 heavy (non-hydrogen) atoms. The number of imidazole rings is 1. The lowest BCUT2D eigenvalue weighted by Gasteiger charge is -2.21. The first-order chi connectivity index (χ1) is 21.3. The van der Waals surface area contributed by atoms with E-state index in [1.165, 1.54) is 49.4 Å². The number of rotatable bonds is 5. The van der Waals surface area contributed by atoms with Crippen LogP contribution in [0.4, 0.5) is 0 Å². The molecule has 2 aromatic heterocycles. The van der Waals surface area contributed by atoms with Gasteiger partial charge >= 0.3 is 0 Å². The van der Waals surface area contributed by atoms with Crippen molar-refractivity contribution in [2.75, 3.05) is 0 Å². The molecule has 0 aliphatic carbocycles. The van der Waals surface area contributed by atoms with E-state index in [4.69, 9.17) is 4.98 Å². The van der Waals surface area contributed by atoms with Gasteiger partial charge in [-0.25, -0.2) is 4.98 Å². The van der Waals surface area contributed by atoms with Gasteiger partial charge in [-0.05, 0) is 68.1 Å². The number of aryl methyl sites for hydroxylation is 1. The van der Waals surface area contributed by atoms with E-state index in [-0.39, 0.29) is 0 Å². The van der Waals surface area contributed by atoms with Gasteiger partial charge in [-0.2, -0.15) is 0 Å². The Labute approximate surface area is 250 Å². The lowest BCUT2D eigenvalue weighted by atomic mass is 9.83. The monoisotopic (exact) mass is 551 g/mol. The number of benzene rings is 6. The van der Waals surface area contributed by atoms with Gasteiger partial charge < -0.3 is 0 Å². The third-order valence-electron chi connectivity index (χ3n) is 8.46. The topological polar surface area (TPSA) is 30.7 Å². The fourth-order valence-electron chi connectivity index (χ4n) is 6.65. The SMILES string of the molecule is CCc1nc2ccccc2n1-c1ccccc1-c1c2ccccc2c(-c2ccccc2-c2cccnc2)c2ccccc12. The summed E-state index contributed by atoms with van der Waals surface area (Å²) in [6.07, 6.45) is 4.62. The Morgan fingerprint density at radius 2 is 1.09 bits per heavy atom. The van der Waals surface area contributed by atoms with Crippen molar-refractivity contribution in [3.8, 4) is 39.1 Å². The van der Waals surface area contributed by atoms with Crippen LogP contribution in [0.3, 0.4) is 0 Å². The summed E-state index contributed by atoms with van der Waals surface area (Å²) >= 11 is 0. The predicted molar refractivity (Wildman–Crippen MR) is 180 cm³/mol. The summed E-state index contributed by atoms with van der Waals surface area (Å²) in [5, 5.41) is 4.92. The maximum atomic E-state index is 5.02. The van der Waals surface area contributed by atoms with E-state index < -0.39 is 0 Å². The van der Waals surface area contributed by atoms with Crippen LogP contribution in [0.5, 0.6) is 0 Å². The molecule has 8 rings (SSSR count). The van der Waals surface area contributed by atoms with Crippen molar-refractivity contribution in [1.82, 2.24) is 14.5 Å². The van der Waals surface area contributed by atoms with Crippen LogP contribution < -0.4 is 0 Å². The minimum Gasteiger partial charge on any atom is -0.296 e. The molecule has 0 fully saturated rings.